The number of alkyl carbamates (subject to hydrolysis) is 1. The van der Waals surface area contributed by atoms with E-state index in [4.69, 9.17) is 9.47 Å². The first-order chi connectivity index (χ1) is 15.6. The number of ether oxygens (including phenoxy) is 2. The highest BCUT2D eigenvalue weighted by Gasteiger charge is 2.29. The van der Waals surface area contributed by atoms with Crippen molar-refractivity contribution in [3.63, 3.8) is 0 Å². The van der Waals surface area contributed by atoms with Crippen LogP contribution in [-0.4, -0.2) is 36.4 Å². The molecule has 1 aliphatic rings. The van der Waals surface area contributed by atoms with Crippen molar-refractivity contribution in [1.29, 1.82) is 0 Å². The van der Waals surface area contributed by atoms with Crippen LogP contribution < -0.4 is 10.1 Å². The van der Waals surface area contributed by atoms with E-state index in [9.17, 15) is 14.7 Å². The molecule has 32 heavy (non-hydrogen) atoms. The second-order valence-corrected chi connectivity index (χ2v) is 7.65. The minimum Gasteiger partial charge on any atom is -0.494 e. The lowest BCUT2D eigenvalue weighted by molar-refractivity contribution is -0.139. The molecule has 4 rings (SSSR count). The number of benzene rings is 3. The third kappa shape index (κ3) is 4.59. The number of carbonyl (C=O) groups excluding carboxylic acids is 1. The number of hydrogen-bond donors (Lipinski definition) is 2. The van der Waals surface area contributed by atoms with Gasteiger partial charge in [-0.05, 0) is 46.9 Å². The quantitative estimate of drug-likeness (QED) is 0.544. The molecular weight excluding hydrogens is 406 g/mol. The van der Waals surface area contributed by atoms with Crippen LogP contribution in [0.25, 0.3) is 11.1 Å². The van der Waals surface area contributed by atoms with Gasteiger partial charge in [-0.1, -0.05) is 60.7 Å². The maximum absolute atomic E-state index is 12.5. The summed E-state index contributed by atoms with van der Waals surface area (Å²) in [5, 5.41) is 12.1. The molecule has 0 aromatic heterocycles. The monoisotopic (exact) mass is 431 g/mol. The first-order valence-electron chi connectivity index (χ1n) is 10.6. The van der Waals surface area contributed by atoms with Crippen LogP contribution in [0, 0.1) is 0 Å². The molecule has 164 valence electrons. The zero-order valence-corrected chi connectivity index (χ0v) is 17.8. The molecule has 0 unspecified atom stereocenters. The average molecular weight is 431 g/mol. The van der Waals surface area contributed by atoms with E-state index >= 15 is 0 Å². The number of carboxylic acids is 1. The predicted molar refractivity (Wildman–Crippen MR) is 121 cm³/mol. The summed E-state index contributed by atoms with van der Waals surface area (Å²) in [5.41, 5.74) is 5.22. The van der Waals surface area contributed by atoms with Crippen LogP contribution in [0.15, 0.2) is 72.8 Å². The second kappa shape index (κ2) is 9.56. The summed E-state index contributed by atoms with van der Waals surface area (Å²) < 4.78 is 10.9. The predicted octanol–water partition coefficient (Wildman–Crippen LogP) is 4.62. The molecule has 6 heteroatoms. The van der Waals surface area contributed by atoms with Crippen molar-refractivity contribution < 1.29 is 24.2 Å². The van der Waals surface area contributed by atoms with Crippen LogP contribution in [0.3, 0.4) is 0 Å². The number of carbonyl (C=O) groups is 2. The minimum atomic E-state index is -1.12. The third-order valence-corrected chi connectivity index (χ3v) is 5.58. The van der Waals surface area contributed by atoms with E-state index in [2.05, 4.69) is 17.4 Å². The number of fused-ring (bicyclic) bond motifs is 3. The van der Waals surface area contributed by atoms with Crippen molar-refractivity contribution in [2.75, 3.05) is 13.2 Å². The molecule has 2 N–H and O–H groups in total. The maximum Gasteiger partial charge on any atom is 0.407 e. The Kier molecular flexibility index (Phi) is 6.40. The number of hydrogen-bond acceptors (Lipinski definition) is 4. The van der Waals surface area contributed by atoms with Crippen LogP contribution in [0.1, 0.15) is 29.5 Å². The summed E-state index contributed by atoms with van der Waals surface area (Å²) in [6, 6.07) is 22.2. The molecule has 3 aromatic rings. The van der Waals surface area contributed by atoms with Gasteiger partial charge in [-0.2, -0.15) is 0 Å². The van der Waals surface area contributed by atoms with Crippen LogP contribution in [0.4, 0.5) is 4.79 Å². The van der Waals surface area contributed by atoms with Gasteiger partial charge in [-0.25, -0.2) is 9.59 Å². The molecule has 0 saturated heterocycles. The highest BCUT2D eigenvalue weighted by Crippen LogP contribution is 2.44. The van der Waals surface area contributed by atoms with Crippen LogP contribution in [0.2, 0.25) is 0 Å². The second-order valence-electron chi connectivity index (χ2n) is 7.65. The molecule has 0 fully saturated rings. The summed E-state index contributed by atoms with van der Waals surface area (Å²) in [7, 11) is 0. The third-order valence-electron chi connectivity index (χ3n) is 5.58. The molecule has 0 heterocycles. The average Bonchev–Trinajstić information content (AvgIpc) is 3.11. The maximum atomic E-state index is 12.5. The van der Waals surface area contributed by atoms with Crippen molar-refractivity contribution in [3.8, 4) is 16.9 Å². The SMILES string of the molecule is CCOc1cccc(C[C@H](NC(=O)OCC2c3ccccc3-c3ccccc32)C(=O)O)c1. The molecule has 3 aromatic carbocycles. The molecule has 1 aliphatic carbocycles. The lowest BCUT2D eigenvalue weighted by Gasteiger charge is -2.18. The molecule has 0 spiro atoms. The Morgan fingerprint density at radius 1 is 0.969 bits per heavy atom. The lowest BCUT2D eigenvalue weighted by Crippen LogP contribution is -2.42. The van der Waals surface area contributed by atoms with Gasteiger partial charge >= 0.3 is 12.1 Å². The largest absolute Gasteiger partial charge is 0.494 e. The Morgan fingerprint density at radius 2 is 1.62 bits per heavy atom. The topological polar surface area (TPSA) is 84.9 Å². The molecule has 6 nitrogen and oxygen atoms in total. The molecule has 0 saturated carbocycles. The van der Waals surface area contributed by atoms with Gasteiger partial charge in [-0.15, -0.1) is 0 Å². The fourth-order valence-corrected chi connectivity index (χ4v) is 4.15. The van der Waals surface area contributed by atoms with Gasteiger partial charge < -0.3 is 19.9 Å². The fraction of sp³-hybridized carbons (Fsp3) is 0.231. The van der Waals surface area contributed by atoms with Gasteiger partial charge in [0.25, 0.3) is 0 Å². The van der Waals surface area contributed by atoms with Gasteiger partial charge in [0.15, 0.2) is 0 Å². The van der Waals surface area contributed by atoms with Crippen molar-refractivity contribution in [3.05, 3.63) is 89.5 Å². The minimum absolute atomic E-state index is 0.0840. The van der Waals surface area contributed by atoms with Crippen molar-refractivity contribution in [2.45, 2.75) is 25.3 Å². The smallest absolute Gasteiger partial charge is 0.407 e. The Morgan fingerprint density at radius 3 is 2.25 bits per heavy atom. The Bertz CT molecular complexity index is 1080. The highest BCUT2D eigenvalue weighted by molar-refractivity contribution is 5.81. The molecule has 1 amide bonds. The highest BCUT2D eigenvalue weighted by atomic mass is 16.5. The van der Waals surface area contributed by atoms with Crippen LogP contribution >= 0.6 is 0 Å². The normalized spacial score (nSPS) is 13.0. The van der Waals surface area contributed by atoms with E-state index in [0.29, 0.717) is 12.4 Å². The van der Waals surface area contributed by atoms with Gasteiger partial charge in [0.1, 0.15) is 18.4 Å². The summed E-state index contributed by atoms with van der Waals surface area (Å²) in [6.45, 7) is 2.53. The van der Waals surface area contributed by atoms with Gasteiger partial charge in [0, 0.05) is 12.3 Å². The number of rotatable bonds is 8. The molecule has 0 radical (unpaired) electrons. The van der Waals surface area contributed by atoms with Crippen LogP contribution in [-0.2, 0) is 16.0 Å². The zero-order valence-electron chi connectivity index (χ0n) is 17.8. The summed E-state index contributed by atoms with van der Waals surface area (Å²) in [5.74, 6) is -0.546. The van der Waals surface area contributed by atoms with E-state index in [1.54, 1.807) is 18.2 Å². The van der Waals surface area contributed by atoms with Crippen molar-refractivity contribution >= 4 is 12.1 Å². The van der Waals surface area contributed by atoms with E-state index in [1.165, 1.54) is 0 Å². The van der Waals surface area contributed by atoms with E-state index < -0.39 is 18.1 Å². The summed E-state index contributed by atoms with van der Waals surface area (Å²) >= 11 is 0. The summed E-state index contributed by atoms with van der Waals surface area (Å²) in [4.78, 5) is 24.2. The first kappa shape index (κ1) is 21.4. The number of carboxylic acid groups (broad SMARTS) is 1. The fourth-order valence-electron chi connectivity index (χ4n) is 4.15. The molecule has 0 aliphatic heterocycles. The van der Waals surface area contributed by atoms with Crippen LogP contribution in [0.5, 0.6) is 5.75 Å². The van der Waals surface area contributed by atoms with Gasteiger partial charge in [0.2, 0.25) is 0 Å². The summed E-state index contributed by atoms with van der Waals surface area (Å²) in [6.07, 6.45) is -0.624. The number of amides is 1. The molecular formula is C26H25NO5. The van der Waals surface area contributed by atoms with Gasteiger partial charge in [0.05, 0.1) is 6.61 Å². The van der Waals surface area contributed by atoms with E-state index in [-0.39, 0.29) is 18.9 Å². The first-order valence-corrected chi connectivity index (χ1v) is 10.6. The standard InChI is InChI=1S/C26H25NO5/c1-2-31-18-9-7-8-17(14-18)15-24(25(28)29)27-26(30)32-16-23-21-12-5-3-10-19(21)20-11-4-6-13-22(20)23/h3-14,23-24H,2,15-16H2,1H3,(H,27,30)(H,28,29)/t24-/m0/s1. The number of aliphatic carboxylic acids is 1. The Balaban J connectivity index is 1.41. The molecule has 0 bridgehead atoms. The van der Waals surface area contributed by atoms with Gasteiger partial charge in [-0.3, -0.25) is 0 Å². The van der Waals surface area contributed by atoms with E-state index in [1.807, 2.05) is 49.4 Å². The molecule has 1 atom stereocenters. The van der Waals surface area contributed by atoms with Crippen molar-refractivity contribution in [2.24, 2.45) is 0 Å². The lowest BCUT2D eigenvalue weighted by atomic mass is 9.98. The Labute approximate surface area is 186 Å². The Hall–Kier alpha value is -3.80. The van der Waals surface area contributed by atoms with Crippen molar-refractivity contribution in [1.82, 2.24) is 5.32 Å². The van der Waals surface area contributed by atoms with E-state index in [0.717, 1.165) is 27.8 Å². The zero-order chi connectivity index (χ0) is 22.5. The number of nitrogens with one attached hydrogen (secondary N) is 1.